The second-order valence-corrected chi connectivity index (χ2v) is 4.07. The molecule has 0 saturated carbocycles. The summed E-state index contributed by atoms with van der Waals surface area (Å²) in [5.41, 5.74) is -0.117. The molecule has 0 aliphatic carbocycles. The lowest BCUT2D eigenvalue weighted by Crippen LogP contribution is -2.21. The fourth-order valence-electron chi connectivity index (χ4n) is 1.46. The molecule has 0 N–H and O–H groups in total. The average molecular weight is 259 g/mol. The molecular weight excluding hydrogens is 244 g/mol. The molecule has 0 amide bonds. The largest absolute Gasteiger partial charge is 0.354 e. The number of nitro groups is 1. The molecule has 0 atom stereocenters. The molecule has 0 fully saturated rings. The predicted molar refractivity (Wildman–Crippen MR) is 66.5 cm³/mol. The van der Waals surface area contributed by atoms with Crippen LogP contribution in [0.3, 0.4) is 0 Å². The van der Waals surface area contributed by atoms with Crippen molar-refractivity contribution in [3.63, 3.8) is 0 Å². The number of rotatable bonds is 6. The van der Waals surface area contributed by atoms with Gasteiger partial charge in [-0.05, 0) is 18.0 Å². The van der Waals surface area contributed by atoms with Crippen LogP contribution in [0.25, 0.3) is 0 Å². The second-order valence-electron chi connectivity index (χ2n) is 3.73. The van der Waals surface area contributed by atoms with E-state index in [4.69, 9.17) is 11.6 Å². The molecule has 1 rings (SSSR count). The maximum Gasteiger partial charge on any atom is 0.329 e. The van der Waals surface area contributed by atoms with E-state index in [1.54, 1.807) is 11.9 Å². The highest BCUT2D eigenvalue weighted by Gasteiger charge is 2.19. The third-order valence-electron chi connectivity index (χ3n) is 2.38. The molecule has 0 aromatic carbocycles. The van der Waals surface area contributed by atoms with Gasteiger partial charge in [0.05, 0.1) is 4.92 Å². The maximum atomic E-state index is 10.8. The Labute approximate surface area is 105 Å². The quantitative estimate of drug-likeness (QED) is 0.339. The van der Waals surface area contributed by atoms with Crippen molar-refractivity contribution in [3.05, 3.63) is 21.6 Å². The van der Waals surface area contributed by atoms with Gasteiger partial charge in [-0.25, -0.2) is 4.98 Å². The summed E-state index contributed by atoms with van der Waals surface area (Å²) in [6.07, 6.45) is 4.28. The summed E-state index contributed by atoms with van der Waals surface area (Å²) < 4.78 is 0. The summed E-state index contributed by atoms with van der Waals surface area (Å²) in [4.78, 5) is 19.6. The van der Waals surface area contributed by atoms with Gasteiger partial charge in [0.15, 0.2) is 0 Å². The van der Waals surface area contributed by atoms with Gasteiger partial charge in [0, 0.05) is 13.6 Å². The average Bonchev–Trinajstić information content (AvgIpc) is 2.28. The summed E-state index contributed by atoms with van der Waals surface area (Å²) >= 11 is 5.66. The first kappa shape index (κ1) is 13.6. The van der Waals surface area contributed by atoms with Crippen LogP contribution in [-0.4, -0.2) is 28.5 Å². The molecule has 7 heteroatoms. The Morgan fingerprint density at radius 1 is 1.53 bits per heavy atom. The van der Waals surface area contributed by atoms with Crippen molar-refractivity contribution in [1.82, 2.24) is 9.97 Å². The Morgan fingerprint density at radius 3 is 2.82 bits per heavy atom. The highest BCUT2D eigenvalue weighted by Crippen LogP contribution is 2.25. The molecule has 0 spiro atoms. The van der Waals surface area contributed by atoms with E-state index >= 15 is 0 Å². The van der Waals surface area contributed by atoms with Crippen molar-refractivity contribution in [2.75, 3.05) is 18.5 Å². The third-order valence-corrected chi connectivity index (χ3v) is 2.56. The SMILES string of the molecule is CCCCCN(C)c1nc(Cl)ncc1[N+](=O)[O-]. The first-order chi connectivity index (χ1) is 8.06. The Balaban J connectivity index is 2.86. The number of hydrogen-bond donors (Lipinski definition) is 0. The zero-order chi connectivity index (χ0) is 12.8. The van der Waals surface area contributed by atoms with Crippen LogP contribution in [0.2, 0.25) is 5.28 Å². The van der Waals surface area contributed by atoms with Crippen molar-refractivity contribution in [2.45, 2.75) is 26.2 Å². The highest BCUT2D eigenvalue weighted by molar-refractivity contribution is 6.28. The lowest BCUT2D eigenvalue weighted by atomic mass is 10.2. The van der Waals surface area contributed by atoms with Crippen molar-refractivity contribution < 1.29 is 4.92 Å². The zero-order valence-corrected chi connectivity index (χ0v) is 10.6. The highest BCUT2D eigenvalue weighted by atomic mass is 35.5. The topological polar surface area (TPSA) is 72.2 Å². The van der Waals surface area contributed by atoms with E-state index in [2.05, 4.69) is 16.9 Å². The monoisotopic (exact) mass is 258 g/mol. The lowest BCUT2D eigenvalue weighted by molar-refractivity contribution is -0.384. The molecule has 0 saturated heterocycles. The Hall–Kier alpha value is -1.43. The number of nitrogens with zero attached hydrogens (tertiary/aromatic N) is 4. The van der Waals surface area contributed by atoms with Gasteiger partial charge in [-0.2, -0.15) is 4.98 Å². The van der Waals surface area contributed by atoms with Crippen LogP contribution in [0, 0.1) is 10.1 Å². The van der Waals surface area contributed by atoms with Gasteiger partial charge in [-0.1, -0.05) is 19.8 Å². The van der Waals surface area contributed by atoms with Crippen molar-refractivity contribution in [1.29, 1.82) is 0 Å². The predicted octanol–water partition coefficient (Wildman–Crippen LogP) is 2.66. The maximum absolute atomic E-state index is 10.8. The van der Waals surface area contributed by atoms with E-state index < -0.39 is 4.92 Å². The summed E-state index contributed by atoms with van der Waals surface area (Å²) in [7, 11) is 1.77. The molecule has 0 unspecified atom stereocenters. The van der Waals surface area contributed by atoms with Crippen molar-refractivity contribution in [3.8, 4) is 0 Å². The van der Waals surface area contributed by atoms with E-state index in [1.165, 1.54) is 0 Å². The molecule has 0 bridgehead atoms. The molecule has 1 heterocycles. The zero-order valence-electron chi connectivity index (χ0n) is 9.89. The number of halogens is 1. The van der Waals surface area contributed by atoms with Crippen LogP contribution < -0.4 is 4.90 Å². The van der Waals surface area contributed by atoms with Crippen molar-refractivity contribution >= 4 is 23.1 Å². The molecule has 1 aromatic heterocycles. The molecule has 6 nitrogen and oxygen atoms in total. The summed E-state index contributed by atoms with van der Waals surface area (Å²) in [6, 6.07) is 0. The fraction of sp³-hybridized carbons (Fsp3) is 0.600. The van der Waals surface area contributed by atoms with Gasteiger partial charge in [-0.3, -0.25) is 10.1 Å². The first-order valence-electron chi connectivity index (χ1n) is 5.44. The number of unbranched alkanes of at least 4 members (excludes halogenated alkanes) is 2. The van der Waals surface area contributed by atoms with Gasteiger partial charge in [-0.15, -0.1) is 0 Å². The summed E-state index contributed by atoms with van der Waals surface area (Å²) in [6.45, 7) is 2.81. The van der Waals surface area contributed by atoms with E-state index in [-0.39, 0.29) is 16.8 Å². The molecule has 1 aromatic rings. The Morgan fingerprint density at radius 2 is 2.24 bits per heavy atom. The summed E-state index contributed by atoms with van der Waals surface area (Å²) in [5.74, 6) is 0.270. The molecule has 17 heavy (non-hydrogen) atoms. The van der Waals surface area contributed by atoms with Gasteiger partial charge in [0.2, 0.25) is 11.1 Å². The fourth-order valence-corrected chi connectivity index (χ4v) is 1.59. The second kappa shape index (κ2) is 6.34. The number of anilines is 1. The molecular formula is C10H15ClN4O2. The van der Waals surface area contributed by atoms with Crippen LogP contribution >= 0.6 is 11.6 Å². The first-order valence-corrected chi connectivity index (χ1v) is 5.82. The minimum absolute atomic E-state index is 0.0212. The van der Waals surface area contributed by atoms with Gasteiger partial charge >= 0.3 is 5.69 Å². The molecule has 0 radical (unpaired) electrons. The third kappa shape index (κ3) is 3.81. The van der Waals surface area contributed by atoms with E-state index in [0.717, 1.165) is 25.5 Å². The van der Waals surface area contributed by atoms with E-state index in [9.17, 15) is 10.1 Å². The Bertz CT molecular complexity index is 400. The van der Waals surface area contributed by atoms with Crippen LogP contribution in [-0.2, 0) is 0 Å². The van der Waals surface area contributed by atoms with Gasteiger partial charge in [0.25, 0.3) is 0 Å². The van der Waals surface area contributed by atoms with Crippen molar-refractivity contribution in [2.24, 2.45) is 0 Å². The molecule has 94 valence electrons. The minimum atomic E-state index is -0.498. The Kier molecular flexibility index (Phi) is 5.09. The normalized spacial score (nSPS) is 10.3. The van der Waals surface area contributed by atoms with Gasteiger partial charge in [0.1, 0.15) is 6.20 Å². The van der Waals surface area contributed by atoms with Gasteiger partial charge < -0.3 is 4.90 Å². The molecule has 0 aliphatic rings. The lowest BCUT2D eigenvalue weighted by Gasteiger charge is -2.17. The standard InChI is InChI=1S/C10H15ClN4O2/c1-3-4-5-6-14(2)9-8(15(16)17)7-12-10(11)13-9/h7H,3-6H2,1-2H3. The van der Waals surface area contributed by atoms with E-state index in [1.807, 2.05) is 0 Å². The summed E-state index contributed by atoms with van der Waals surface area (Å²) in [5, 5.41) is 10.8. The number of aromatic nitrogens is 2. The van der Waals surface area contributed by atoms with Crippen LogP contribution in [0.4, 0.5) is 11.5 Å². The molecule has 0 aliphatic heterocycles. The smallest absolute Gasteiger partial charge is 0.329 e. The van der Waals surface area contributed by atoms with E-state index in [0.29, 0.717) is 6.54 Å². The van der Waals surface area contributed by atoms with Crippen LogP contribution in [0.5, 0.6) is 0 Å². The minimum Gasteiger partial charge on any atom is -0.354 e. The van der Waals surface area contributed by atoms with Crippen LogP contribution in [0.15, 0.2) is 6.20 Å². The van der Waals surface area contributed by atoms with Crippen LogP contribution in [0.1, 0.15) is 26.2 Å². The number of hydrogen-bond acceptors (Lipinski definition) is 5.